The molecule has 2 atom stereocenters. The van der Waals surface area contributed by atoms with Crippen molar-refractivity contribution in [2.45, 2.75) is 64.0 Å². The van der Waals surface area contributed by atoms with E-state index >= 15 is 8.78 Å². The van der Waals surface area contributed by atoms with Gasteiger partial charge in [0.05, 0.1) is 28.9 Å². The summed E-state index contributed by atoms with van der Waals surface area (Å²) in [6.07, 6.45) is 1.13. The first-order chi connectivity index (χ1) is 19.7. The number of fused-ring (bicyclic) bond motifs is 1. The predicted molar refractivity (Wildman–Crippen MR) is 141 cm³/mol. The largest absolute Gasteiger partial charge is 0.488 e. The first-order valence-electron chi connectivity index (χ1n) is 13.1. The number of nitrogens with zero attached hydrogens (tertiary/aromatic N) is 4. The Hall–Kier alpha value is -4.20. The predicted octanol–water partition coefficient (Wildman–Crippen LogP) is 4.70. The van der Waals surface area contributed by atoms with Gasteiger partial charge in [-0.15, -0.1) is 0 Å². The summed E-state index contributed by atoms with van der Waals surface area (Å²) in [5.41, 5.74) is -4.76. The average Bonchev–Trinajstić information content (AvgIpc) is 2.91. The molecule has 3 heterocycles. The maximum atomic E-state index is 15.3. The second-order valence-electron chi connectivity index (χ2n) is 10.9. The van der Waals surface area contributed by atoms with Crippen LogP contribution in [-0.4, -0.2) is 35.9 Å². The number of H-pyrrole nitrogens is 1. The van der Waals surface area contributed by atoms with E-state index in [2.05, 4.69) is 15.1 Å². The molecule has 14 heteroatoms. The third-order valence-electron chi connectivity index (χ3n) is 7.33. The molecule has 222 valence electrons. The molecule has 1 saturated carbocycles. The minimum Gasteiger partial charge on any atom is -0.488 e. The molecule has 2 N–H and O–H groups in total. The summed E-state index contributed by atoms with van der Waals surface area (Å²) in [6.45, 7) is 3.15. The molecule has 1 fully saturated rings. The van der Waals surface area contributed by atoms with Crippen LogP contribution in [-0.2, 0) is 18.3 Å². The highest BCUT2D eigenvalue weighted by molar-refractivity contribution is 5.86. The molecule has 0 unspecified atom stereocenters. The zero-order chi connectivity index (χ0) is 30.4. The summed E-state index contributed by atoms with van der Waals surface area (Å²) in [5.74, 6) is -3.68. The molecule has 0 amide bonds. The van der Waals surface area contributed by atoms with E-state index in [0.29, 0.717) is 24.8 Å². The maximum Gasteiger partial charge on any atom is 0.425 e. The molecule has 9 nitrogen and oxygen atoms in total. The van der Waals surface area contributed by atoms with Crippen LogP contribution in [0.3, 0.4) is 0 Å². The number of aliphatic hydroxyl groups is 1. The van der Waals surface area contributed by atoms with Gasteiger partial charge in [-0.2, -0.15) is 18.3 Å². The van der Waals surface area contributed by atoms with Crippen LogP contribution in [0.5, 0.6) is 5.75 Å². The Kier molecular flexibility index (Phi) is 7.60. The van der Waals surface area contributed by atoms with Gasteiger partial charge >= 0.3 is 6.18 Å². The second kappa shape index (κ2) is 10.9. The third-order valence-corrected chi connectivity index (χ3v) is 7.33. The number of ether oxygens (including phenoxy) is 1. The van der Waals surface area contributed by atoms with Crippen molar-refractivity contribution < 1.29 is 31.8 Å². The molecule has 42 heavy (non-hydrogen) atoms. The zero-order valence-corrected chi connectivity index (χ0v) is 22.5. The van der Waals surface area contributed by atoms with Crippen molar-refractivity contribution in [1.82, 2.24) is 24.7 Å². The van der Waals surface area contributed by atoms with Gasteiger partial charge in [0.15, 0.2) is 28.8 Å². The number of benzene rings is 1. The fraction of sp³-hybridized carbons (Fsp3) is 0.393. The van der Waals surface area contributed by atoms with Crippen LogP contribution in [0.15, 0.2) is 46.5 Å². The number of alkyl halides is 3. The minimum absolute atomic E-state index is 0.0959. The molecule has 1 aliphatic rings. The van der Waals surface area contributed by atoms with Crippen molar-refractivity contribution in [3.05, 3.63) is 80.4 Å². The molecule has 0 bridgehead atoms. The molecular weight excluding hydrogens is 565 g/mol. The van der Waals surface area contributed by atoms with Gasteiger partial charge < -0.3 is 14.4 Å². The Bertz CT molecular complexity index is 1750. The number of nitrogens with one attached hydrogen (secondary N) is 1. The number of halogens is 5. The first-order valence-corrected chi connectivity index (χ1v) is 13.1. The van der Waals surface area contributed by atoms with E-state index in [1.807, 2.05) is 0 Å². The lowest BCUT2D eigenvalue weighted by atomic mass is 9.87. The smallest absolute Gasteiger partial charge is 0.425 e. The summed E-state index contributed by atoms with van der Waals surface area (Å²) in [4.78, 5) is 33.1. The number of aromatic amines is 1. The fourth-order valence-electron chi connectivity index (χ4n) is 5.18. The van der Waals surface area contributed by atoms with E-state index in [9.17, 15) is 27.9 Å². The average molecular weight is 592 g/mol. The Morgan fingerprint density at radius 3 is 2.48 bits per heavy atom. The Morgan fingerprint density at radius 1 is 1.10 bits per heavy atom. The van der Waals surface area contributed by atoms with Crippen molar-refractivity contribution in [3.8, 4) is 17.1 Å². The molecule has 0 radical (unpaired) electrons. The number of rotatable bonds is 6. The van der Waals surface area contributed by atoms with Crippen molar-refractivity contribution in [2.75, 3.05) is 0 Å². The lowest BCUT2D eigenvalue weighted by Gasteiger charge is -2.30. The highest BCUT2D eigenvalue weighted by atomic mass is 19.4. The lowest BCUT2D eigenvalue weighted by molar-refractivity contribution is -0.140. The van der Waals surface area contributed by atoms with Crippen molar-refractivity contribution in [3.63, 3.8) is 0 Å². The van der Waals surface area contributed by atoms with E-state index in [1.165, 1.54) is 49.1 Å². The highest BCUT2D eigenvalue weighted by Gasteiger charge is 2.39. The number of aromatic nitrogens is 5. The minimum atomic E-state index is -4.94. The number of pyridine rings is 1. The third kappa shape index (κ3) is 5.75. The van der Waals surface area contributed by atoms with E-state index in [4.69, 9.17) is 4.74 Å². The Balaban J connectivity index is 1.39. The molecular formula is C28H26F5N5O4. The van der Waals surface area contributed by atoms with E-state index in [0.717, 1.165) is 6.20 Å². The van der Waals surface area contributed by atoms with Crippen molar-refractivity contribution in [1.29, 1.82) is 0 Å². The summed E-state index contributed by atoms with van der Waals surface area (Å²) in [5, 5.41) is 14.9. The van der Waals surface area contributed by atoms with Crippen LogP contribution in [0.2, 0.25) is 0 Å². The van der Waals surface area contributed by atoms with Gasteiger partial charge in [0.25, 0.3) is 11.1 Å². The SMILES string of the molecule is CC(C)(O)c1cnc(-c2cc3ccn(C[C@@H]4CCC[C@H](Oc5cn[nH]c(=O)c5C(F)(F)F)C4)c(=O)c3c(F)c2F)nc1. The van der Waals surface area contributed by atoms with Gasteiger partial charge in [0.1, 0.15) is 0 Å². The summed E-state index contributed by atoms with van der Waals surface area (Å²) < 4.78 is 77.4. The van der Waals surface area contributed by atoms with Gasteiger partial charge in [-0.25, -0.2) is 23.8 Å². The monoisotopic (exact) mass is 591 g/mol. The van der Waals surface area contributed by atoms with E-state index in [-0.39, 0.29) is 35.7 Å². The molecule has 4 aromatic rings. The van der Waals surface area contributed by atoms with Gasteiger partial charge in [-0.05, 0) is 63.0 Å². The van der Waals surface area contributed by atoms with Crippen LogP contribution < -0.4 is 15.9 Å². The number of hydrogen-bond acceptors (Lipinski definition) is 7. The molecule has 1 aromatic carbocycles. The molecule has 3 aromatic heterocycles. The van der Waals surface area contributed by atoms with Gasteiger partial charge in [0.2, 0.25) is 0 Å². The first kappa shape index (κ1) is 29.3. The molecule has 0 spiro atoms. The molecule has 5 rings (SSSR count). The van der Waals surface area contributed by atoms with Gasteiger partial charge in [-0.1, -0.05) is 0 Å². The van der Waals surface area contributed by atoms with Crippen LogP contribution in [0.1, 0.15) is 50.7 Å². The Labute approximate surface area is 235 Å². The number of hydrogen-bond donors (Lipinski definition) is 2. The second-order valence-corrected chi connectivity index (χ2v) is 10.9. The van der Waals surface area contributed by atoms with E-state index < -0.39 is 57.3 Å². The summed E-state index contributed by atoms with van der Waals surface area (Å²) >= 11 is 0. The van der Waals surface area contributed by atoms with Gasteiger partial charge in [0, 0.05) is 30.7 Å². The summed E-state index contributed by atoms with van der Waals surface area (Å²) in [6, 6.07) is 2.74. The maximum absolute atomic E-state index is 15.3. The standard InChI is InChI=1S/C28H26F5N5O4/c1-27(2,41)16-10-34-24(35-11-16)18-9-15-6-7-38(26(40)20(15)23(30)22(18)29)13-14-4-3-5-17(8-14)42-19-12-36-37-25(39)21(19)28(31,32)33/h6-7,9-12,14,17,41H,3-5,8,13H2,1-2H3,(H,37,39)/t14-,17+/m1/s1. The zero-order valence-electron chi connectivity index (χ0n) is 22.5. The van der Waals surface area contributed by atoms with Gasteiger partial charge in [-0.3, -0.25) is 9.59 Å². The van der Waals surface area contributed by atoms with Crippen molar-refractivity contribution in [2.24, 2.45) is 5.92 Å². The van der Waals surface area contributed by atoms with Crippen LogP contribution in [0.4, 0.5) is 22.0 Å². The van der Waals surface area contributed by atoms with Crippen molar-refractivity contribution >= 4 is 10.8 Å². The summed E-state index contributed by atoms with van der Waals surface area (Å²) in [7, 11) is 0. The Morgan fingerprint density at radius 2 is 1.81 bits per heavy atom. The molecule has 1 aliphatic carbocycles. The normalized spacial score (nSPS) is 17.9. The van der Waals surface area contributed by atoms with E-state index in [1.54, 1.807) is 5.10 Å². The highest BCUT2D eigenvalue weighted by Crippen LogP contribution is 2.36. The quantitative estimate of drug-likeness (QED) is 0.312. The molecule has 0 aliphatic heterocycles. The lowest BCUT2D eigenvalue weighted by Crippen LogP contribution is -2.32. The van der Waals surface area contributed by atoms with Crippen LogP contribution in [0.25, 0.3) is 22.2 Å². The van der Waals surface area contributed by atoms with Crippen LogP contribution >= 0.6 is 0 Å². The topological polar surface area (TPSA) is 123 Å². The molecule has 0 saturated heterocycles. The fourth-order valence-corrected chi connectivity index (χ4v) is 5.18. The van der Waals surface area contributed by atoms with Crippen LogP contribution in [0, 0.1) is 17.6 Å².